The topological polar surface area (TPSA) is 109 Å². The van der Waals surface area contributed by atoms with Crippen LogP contribution in [0.3, 0.4) is 0 Å². The Morgan fingerprint density at radius 1 is 1.06 bits per heavy atom. The zero-order valence-corrected chi connectivity index (χ0v) is 19.7. The molecule has 0 spiro atoms. The van der Waals surface area contributed by atoms with Crippen molar-refractivity contribution in [2.45, 2.75) is 29.0 Å². The maximum absolute atomic E-state index is 13.7. The SMILES string of the molecule is COc1ccccc1S(=O)(=O)C1(C(=O)NO)CCN(Cc2ccc(-c3ccccn3)cc2)CC1. The molecular formula is C25H27N3O5S. The zero-order valence-electron chi connectivity index (χ0n) is 18.8. The number of nitrogens with one attached hydrogen (secondary N) is 1. The summed E-state index contributed by atoms with van der Waals surface area (Å²) in [7, 11) is -2.76. The molecule has 0 aliphatic carbocycles. The quantitative estimate of drug-likeness (QED) is 0.394. The van der Waals surface area contributed by atoms with Crippen molar-refractivity contribution in [1.82, 2.24) is 15.4 Å². The van der Waals surface area contributed by atoms with Gasteiger partial charge in [0.25, 0.3) is 5.91 Å². The fourth-order valence-corrected chi connectivity index (χ4v) is 6.52. The third-order valence-electron chi connectivity index (χ3n) is 6.37. The van der Waals surface area contributed by atoms with Crippen LogP contribution < -0.4 is 10.2 Å². The number of aromatic nitrogens is 1. The summed E-state index contributed by atoms with van der Waals surface area (Å²) in [6.45, 7) is 1.38. The van der Waals surface area contributed by atoms with Crippen LogP contribution in [0, 0.1) is 0 Å². The van der Waals surface area contributed by atoms with E-state index in [9.17, 15) is 18.4 Å². The van der Waals surface area contributed by atoms with Crippen molar-refractivity contribution in [3.05, 3.63) is 78.5 Å². The summed E-state index contributed by atoms with van der Waals surface area (Å²) in [5.74, 6) is -0.749. The molecule has 2 aromatic carbocycles. The smallest absolute Gasteiger partial charge is 0.265 e. The molecule has 0 bridgehead atoms. The van der Waals surface area contributed by atoms with Crippen molar-refractivity contribution in [2.75, 3.05) is 20.2 Å². The van der Waals surface area contributed by atoms with Crippen LogP contribution >= 0.6 is 0 Å². The van der Waals surface area contributed by atoms with Crippen molar-refractivity contribution in [3.63, 3.8) is 0 Å². The second-order valence-electron chi connectivity index (χ2n) is 8.28. The van der Waals surface area contributed by atoms with E-state index in [1.807, 2.05) is 42.5 Å². The lowest BCUT2D eigenvalue weighted by atomic mass is 9.94. The molecule has 0 saturated carbocycles. The average Bonchev–Trinajstić information content (AvgIpc) is 2.89. The molecular weight excluding hydrogens is 454 g/mol. The summed E-state index contributed by atoms with van der Waals surface area (Å²) >= 11 is 0. The number of benzene rings is 2. The van der Waals surface area contributed by atoms with Gasteiger partial charge in [-0.05, 0) is 42.7 Å². The Bertz CT molecular complexity index is 1240. The fraction of sp³-hybridized carbons (Fsp3) is 0.280. The highest BCUT2D eigenvalue weighted by atomic mass is 32.2. The molecule has 1 amide bonds. The van der Waals surface area contributed by atoms with Crippen LogP contribution in [0.4, 0.5) is 0 Å². The number of pyridine rings is 1. The molecule has 9 heteroatoms. The Hall–Kier alpha value is -3.27. The van der Waals surface area contributed by atoms with Gasteiger partial charge in [-0.3, -0.25) is 19.9 Å². The van der Waals surface area contributed by atoms with Gasteiger partial charge in [-0.25, -0.2) is 13.9 Å². The minimum Gasteiger partial charge on any atom is -0.495 e. The molecule has 0 atom stereocenters. The summed E-state index contributed by atoms with van der Waals surface area (Å²) < 4.78 is 30.8. The van der Waals surface area contributed by atoms with Gasteiger partial charge >= 0.3 is 0 Å². The van der Waals surface area contributed by atoms with E-state index in [0.29, 0.717) is 19.6 Å². The minimum atomic E-state index is -4.14. The second-order valence-corrected chi connectivity index (χ2v) is 10.5. The number of ether oxygens (including phenoxy) is 1. The van der Waals surface area contributed by atoms with Gasteiger partial charge in [0.05, 0.1) is 12.8 Å². The van der Waals surface area contributed by atoms with E-state index in [1.54, 1.807) is 29.9 Å². The standard InChI is InChI=1S/C25H27N3O5S/c1-33-22-7-2-3-8-23(22)34(31,32)25(24(29)27-30)13-16-28(17-14-25)18-19-9-11-20(12-10-19)21-6-4-5-15-26-21/h2-12,15,30H,13-14,16-18H2,1H3,(H,27,29). The Morgan fingerprint density at radius 2 is 1.74 bits per heavy atom. The minimum absolute atomic E-state index is 0.0474. The molecule has 34 heavy (non-hydrogen) atoms. The molecule has 1 aliphatic heterocycles. The first kappa shape index (κ1) is 23.9. The summed E-state index contributed by atoms with van der Waals surface area (Å²) in [5.41, 5.74) is 4.58. The predicted molar refractivity (Wildman–Crippen MR) is 127 cm³/mol. The maximum Gasteiger partial charge on any atom is 0.265 e. The number of rotatable bonds is 7. The number of likely N-dealkylation sites (tertiary alicyclic amines) is 1. The number of carbonyl (C=O) groups is 1. The molecule has 3 aromatic rings. The van der Waals surface area contributed by atoms with E-state index < -0.39 is 20.5 Å². The molecule has 1 aromatic heterocycles. The molecule has 2 heterocycles. The number of piperidine rings is 1. The van der Waals surface area contributed by atoms with Gasteiger partial charge in [0.15, 0.2) is 14.6 Å². The molecule has 0 radical (unpaired) electrons. The number of para-hydroxylation sites is 1. The summed E-state index contributed by atoms with van der Waals surface area (Å²) in [4.78, 5) is 19.2. The molecule has 4 rings (SSSR count). The monoisotopic (exact) mass is 481 g/mol. The highest BCUT2D eigenvalue weighted by Gasteiger charge is 2.53. The number of hydrogen-bond acceptors (Lipinski definition) is 7. The third-order valence-corrected chi connectivity index (χ3v) is 8.91. The second kappa shape index (κ2) is 9.92. The van der Waals surface area contributed by atoms with E-state index in [1.165, 1.54) is 13.2 Å². The molecule has 2 N–H and O–H groups in total. The first-order valence-corrected chi connectivity index (χ1v) is 12.4. The van der Waals surface area contributed by atoms with Crippen LogP contribution in [0.5, 0.6) is 5.75 Å². The van der Waals surface area contributed by atoms with Crippen molar-refractivity contribution in [2.24, 2.45) is 0 Å². The van der Waals surface area contributed by atoms with Crippen molar-refractivity contribution in [1.29, 1.82) is 0 Å². The van der Waals surface area contributed by atoms with Crippen molar-refractivity contribution >= 4 is 15.7 Å². The first-order valence-electron chi connectivity index (χ1n) is 11.0. The van der Waals surface area contributed by atoms with E-state index in [-0.39, 0.29) is 23.5 Å². The molecule has 178 valence electrons. The van der Waals surface area contributed by atoms with Gasteiger partial charge in [0, 0.05) is 31.4 Å². The number of carbonyl (C=O) groups excluding carboxylic acids is 1. The van der Waals surface area contributed by atoms with Gasteiger partial charge < -0.3 is 4.74 Å². The van der Waals surface area contributed by atoms with Crippen molar-refractivity contribution in [3.8, 4) is 17.0 Å². The average molecular weight is 482 g/mol. The first-order chi connectivity index (χ1) is 16.4. The normalized spacial score (nSPS) is 16.1. The summed E-state index contributed by atoms with van der Waals surface area (Å²) in [5, 5.41) is 9.40. The largest absolute Gasteiger partial charge is 0.495 e. The van der Waals surface area contributed by atoms with Crippen LogP contribution in [0.2, 0.25) is 0 Å². The van der Waals surface area contributed by atoms with Gasteiger partial charge in [0.1, 0.15) is 10.6 Å². The Balaban J connectivity index is 1.52. The van der Waals surface area contributed by atoms with E-state index in [0.717, 1.165) is 16.8 Å². The number of sulfone groups is 1. The number of hydroxylamine groups is 1. The molecule has 1 fully saturated rings. The molecule has 0 unspecified atom stereocenters. The highest BCUT2D eigenvalue weighted by Crippen LogP contribution is 2.39. The fourth-order valence-electron chi connectivity index (χ4n) is 4.42. The Labute approximate surface area is 199 Å². The van der Waals surface area contributed by atoms with Crippen LogP contribution in [-0.4, -0.2) is 54.4 Å². The number of nitrogens with zero attached hydrogens (tertiary/aromatic N) is 2. The maximum atomic E-state index is 13.7. The lowest BCUT2D eigenvalue weighted by molar-refractivity contribution is -0.133. The molecule has 1 aliphatic rings. The number of methoxy groups -OCH3 is 1. The number of hydrogen-bond donors (Lipinski definition) is 2. The highest BCUT2D eigenvalue weighted by molar-refractivity contribution is 7.93. The predicted octanol–water partition coefficient (Wildman–Crippen LogP) is 3.07. The lowest BCUT2D eigenvalue weighted by Gasteiger charge is -2.39. The summed E-state index contributed by atoms with van der Waals surface area (Å²) in [6.07, 6.45) is 1.85. The zero-order chi connectivity index (χ0) is 24.2. The Kier molecular flexibility index (Phi) is 6.97. The van der Waals surface area contributed by atoms with Crippen LogP contribution in [0.15, 0.2) is 77.8 Å². The van der Waals surface area contributed by atoms with Gasteiger partial charge in [-0.2, -0.15) is 0 Å². The van der Waals surface area contributed by atoms with E-state index >= 15 is 0 Å². The van der Waals surface area contributed by atoms with Crippen LogP contribution in [0.25, 0.3) is 11.3 Å². The summed E-state index contributed by atoms with van der Waals surface area (Å²) in [6, 6.07) is 20.1. The van der Waals surface area contributed by atoms with Crippen molar-refractivity contribution < 1.29 is 23.2 Å². The third kappa shape index (κ3) is 4.42. The van der Waals surface area contributed by atoms with E-state index in [2.05, 4.69) is 9.88 Å². The van der Waals surface area contributed by atoms with Gasteiger partial charge in [-0.1, -0.05) is 42.5 Å². The van der Waals surface area contributed by atoms with Crippen LogP contribution in [-0.2, 0) is 21.2 Å². The molecule has 8 nitrogen and oxygen atoms in total. The van der Waals surface area contributed by atoms with Gasteiger partial charge in [-0.15, -0.1) is 0 Å². The molecule has 1 saturated heterocycles. The van der Waals surface area contributed by atoms with Crippen LogP contribution in [0.1, 0.15) is 18.4 Å². The Morgan fingerprint density at radius 3 is 2.35 bits per heavy atom. The number of amides is 1. The lowest BCUT2D eigenvalue weighted by Crippen LogP contribution is -2.57. The van der Waals surface area contributed by atoms with Gasteiger partial charge in [0.2, 0.25) is 0 Å². The van der Waals surface area contributed by atoms with E-state index in [4.69, 9.17) is 4.74 Å².